The number of amides is 1. The monoisotopic (exact) mass is 309 g/mol. The Kier molecular flexibility index (Phi) is 7.36. The summed E-state index contributed by atoms with van der Waals surface area (Å²) in [5.74, 6) is 0.255. The molecule has 1 aliphatic heterocycles. The summed E-state index contributed by atoms with van der Waals surface area (Å²) >= 11 is 0. The number of aliphatic hydroxyl groups excluding tert-OH is 1. The van der Waals surface area contributed by atoms with E-state index in [4.69, 9.17) is 5.11 Å². The molecule has 0 aromatic rings. The zero-order chi connectivity index (χ0) is 15.8. The second-order valence-corrected chi connectivity index (χ2v) is 6.33. The minimum absolute atomic E-state index is 0.220. The third kappa shape index (κ3) is 5.07. The van der Waals surface area contributed by atoms with Crippen molar-refractivity contribution < 1.29 is 9.90 Å². The van der Waals surface area contributed by atoms with E-state index in [0.717, 1.165) is 58.5 Å². The lowest BCUT2D eigenvalue weighted by atomic mass is 10.0. The lowest BCUT2D eigenvalue weighted by molar-refractivity contribution is -0.131. The number of hydrogen-bond acceptors (Lipinski definition) is 4. The number of carbonyl (C=O) groups excluding carboxylic acids is 1. The zero-order valence-electron chi connectivity index (χ0n) is 14.0. The maximum Gasteiger partial charge on any atom is 0.240 e. The molecule has 2 rings (SSSR count). The SMILES string of the molecule is CCCN(C(=O)CN1CCN(CCO)CC1)C1=CCCCC1. The number of rotatable bonds is 7. The normalized spacial score (nSPS) is 20.7. The Morgan fingerprint density at radius 3 is 2.55 bits per heavy atom. The summed E-state index contributed by atoms with van der Waals surface area (Å²) in [5.41, 5.74) is 1.25. The van der Waals surface area contributed by atoms with E-state index in [0.29, 0.717) is 6.54 Å². The number of allylic oxidation sites excluding steroid dienone is 2. The number of aliphatic hydroxyl groups is 1. The Balaban J connectivity index is 1.85. The molecule has 0 saturated carbocycles. The van der Waals surface area contributed by atoms with E-state index in [2.05, 4.69) is 22.8 Å². The van der Waals surface area contributed by atoms with Gasteiger partial charge in [0.1, 0.15) is 0 Å². The summed E-state index contributed by atoms with van der Waals surface area (Å²) in [7, 11) is 0. The lowest BCUT2D eigenvalue weighted by Gasteiger charge is -2.35. The molecule has 0 aromatic carbocycles. The maximum absolute atomic E-state index is 12.7. The fourth-order valence-corrected chi connectivity index (χ4v) is 3.31. The molecule has 2 aliphatic rings. The molecule has 22 heavy (non-hydrogen) atoms. The third-order valence-electron chi connectivity index (χ3n) is 4.60. The van der Waals surface area contributed by atoms with Crippen molar-refractivity contribution in [1.82, 2.24) is 14.7 Å². The van der Waals surface area contributed by atoms with Crippen LogP contribution in [0.3, 0.4) is 0 Å². The maximum atomic E-state index is 12.7. The van der Waals surface area contributed by atoms with Crippen LogP contribution >= 0.6 is 0 Å². The van der Waals surface area contributed by atoms with Gasteiger partial charge < -0.3 is 10.0 Å². The smallest absolute Gasteiger partial charge is 0.240 e. The van der Waals surface area contributed by atoms with Crippen molar-refractivity contribution in [2.75, 3.05) is 52.4 Å². The van der Waals surface area contributed by atoms with Gasteiger partial charge in [0.05, 0.1) is 13.2 Å². The highest BCUT2D eigenvalue weighted by Crippen LogP contribution is 2.21. The van der Waals surface area contributed by atoms with Crippen LogP contribution in [0.5, 0.6) is 0 Å². The van der Waals surface area contributed by atoms with Crippen LogP contribution in [-0.2, 0) is 4.79 Å². The lowest BCUT2D eigenvalue weighted by Crippen LogP contribution is -2.50. The standard InChI is InChI=1S/C17H31N3O2/c1-2-8-20(16-6-4-3-5-7-16)17(22)15-19-11-9-18(10-12-19)13-14-21/h6,21H,2-5,7-15H2,1H3. The van der Waals surface area contributed by atoms with Crippen LogP contribution in [0.4, 0.5) is 0 Å². The van der Waals surface area contributed by atoms with E-state index < -0.39 is 0 Å². The van der Waals surface area contributed by atoms with Crippen LogP contribution in [0.25, 0.3) is 0 Å². The quantitative estimate of drug-likeness (QED) is 0.770. The highest BCUT2D eigenvalue weighted by molar-refractivity contribution is 5.80. The van der Waals surface area contributed by atoms with Gasteiger partial charge in [0.15, 0.2) is 0 Å². The van der Waals surface area contributed by atoms with Crippen LogP contribution in [0.2, 0.25) is 0 Å². The topological polar surface area (TPSA) is 47.0 Å². The predicted molar refractivity (Wildman–Crippen MR) is 88.5 cm³/mol. The molecule has 0 spiro atoms. The summed E-state index contributed by atoms with van der Waals surface area (Å²) < 4.78 is 0. The predicted octanol–water partition coefficient (Wildman–Crippen LogP) is 1.29. The average molecular weight is 309 g/mol. The third-order valence-corrected chi connectivity index (χ3v) is 4.60. The van der Waals surface area contributed by atoms with Gasteiger partial charge in [-0.25, -0.2) is 0 Å². The first kappa shape index (κ1) is 17.4. The minimum Gasteiger partial charge on any atom is -0.395 e. The van der Waals surface area contributed by atoms with Crippen molar-refractivity contribution in [3.8, 4) is 0 Å². The van der Waals surface area contributed by atoms with Gasteiger partial charge in [-0.1, -0.05) is 13.0 Å². The molecular formula is C17H31N3O2. The van der Waals surface area contributed by atoms with Crippen LogP contribution < -0.4 is 0 Å². The number of piperazine rings is 1. The molecule has 1 N–H and O–H groups in total. The van der Waals surface area contributed by atoms with Gasteiger partial charge in [-0.05, 0) is 32.1 Å². The molecule has 1 aliphatic carbocycles. The zero-order valence-corrected chi connectivity index (χ0v) is 14.0. The highest BCUT2D eigenvalue weighted by atomic mass is 16.3. The number of carbonyl (C=O) groups is 1. The van der Waals surface area contributed by atoms with Gasteiger partial charge in [0.25, 0.3) is 0 Å². The molecular weight excluding hydrogens is 278 g/mol. The second kappa shape index (κ2) is 9.28. The van der Waals surface area contributed by atoms with Gasteiger partial charge in [0, 0.05) is 45.0 Å². The molecule has 0 atom stereocenters. The molecule has 0 radical (unpaired) electrons. The van der Waals surface area contributed by atoms with Crippen molar-refractivity contribution >= 4 is 5.91 Å². The first-order chi connectivity index (χ1) is 10.7. The van der Waals surface area contributed by atoms with E-state index in [1.807, 2.05) is 4.90 Å². The van der Waals surface area contributed by atoms with E-state index in [1.165, 1.54) is 18.5 Å². The minimum atomic E-state index is 0.220. The highest BCUT2D eigenvalue weighted by Gasteiger charge is 2.23. The number of nitrogens with zero attached hydrogens (tertiary/aromatic N) is 3. The molecule has 0 aromatic heterocycles. The van der Waals surface area contributed by atoms with Crippen molar-refractivity contribution in [2.24, 2.45) is 0 Å². The van der Waals surface area contributed by atoms with Crippen molar-refractivity contribution in [3.63, 3.8) is 0 Å². The Labute approximate surface area is 134 Å². The Bertz CT molecular complexity index is 376. The van der Waals surface area contributed by atoms with Gasteiger partial charge in [0.2, 0.25) is 5.91 Å². The van der Waals surface area contributed by atoms with Crippen molar-refractivity contribution in [3.05, 3.63) is 11.8 Å². The molecule has 5 nitrogen and oxygen atoms in total. The van der Waals surface area contributed by atoms with Crippen LogP contribution in [-0.4, -0.2) is 78.1 Å². The van der Waals surface area contributed by atoms with E-state index >= 15 is 0 Å². The summed E-state index contributed by atoms with van der Waals surface area (Å²) in [5, 5.41) is 8.98. The van der Waals surface area contributed by atoms with Gasteiger partial charge in [-0.15, -0.1) is 0 Å². The first-order valence-corrected chi connectivity index (χ1v) is 8.79. The van der Waals surface area contributed by atoms with Crippen LogP contribution in [0, 0.1) is 0 Å². The summed E-state index contributed by atoms with van der Waals surface area (Å²) in [6.07, 6.45) is 7.89. The van der Waals surface area contributed by atoms with Gasteiger partial charge in [-0.2, -0.15) is 0 Å². The fourth-order valence-electron chi connectivity index (χ4n) is 3.31. The molecule has 5 heteroatoms. The largest absolute Gasteiger partial charge is 0.395 e. The van der Waals surface area contributed by atoms with Crippen molar-refractivity contribution in [2.45, 2.75) is 39.0 Å². The van der Waals surface area contributed by atoms with E-state index in [9.17, 15) is 4.79 Å². The second-order valence-electron chi connectivity index (χ2n) is 6.33. The molecule has 1 fully saturated rings. The average Bonchev–Trinajstić information content (AvgIpc) is 2.55. The molecule has 0 unspecified atom stereocenters. The molecule has 126 valence electrons. The van der Waals surface area contributed by atoms with E-state index in [-0.39, 0.29) is 12.5 Å². The number of β-amino-alcohol motifs (C(OH)–C–C–N with tert-alkyl or cyclic N) is 1. The Morgan fingerprint density at radius 1 is 1.23 bits per heavy atom. The Morgan fingerprint density at radius 2 is 1.95 bits per heavy atom. The van der Waals surface area contributed by atoms with Crippen LogP contribution in [0.15, 0.2) is 11.8 Å². The van der Waals surface area contributed by atoms with Crippen LogP contribution in [0.1, 0.15) is 39.0 Å². The van der Waals surface area contributed by atoms with Gasteiger partial charge >= 0.3 is 0 Å². The molecule has 1 saturated heterocycles. The van der Waals surface area contributed by atoms with Gasteiger partial charge in [-0.3, -0.25) is 14.6 Å². The molecule has 1 heterocycles. The first-order valence-electron chi connectivity index (χ1n) is 8.79. The summed E-state index contributed by atoms with van der Waals surface area (Å²) in [4.78, 5) is 19.2. The Hall–Kier alpha value is -0.910. The van der Waals surface area contributed by atoms with E-state index in [1.54, 1.807) is 0 Å². The number of hydrogen-bond donors (Lipinski definition) is 1. The summed E-state index contributed by atoms with van der Waals surface area (Å²) in [6, 6.07) is 0. The molecule has 0 bridgehead atoms. The fraction of sp³-hybridized carbons (Fsp3) is 0.824. The molecule has 1 amide bonds. The summed E-state index contributed by atoms with van der Waals surface area (Å²) in [6.45, 7) is 8.22. The van der Waals surface area contributed by atoms with Crippen molar-refractivity contribution in [1.29, 1.82) is 0 Å².